The third-order valence-corrected chi connectivity index (χ3v) is 1.92. The molecule has 80 valence electrons. The molecule has 0 saturated heterocycles. The molecule has 0 saturated carbocycles. The van der Waals surface area contributed by atoms with Crippen molar-refractivity contribution < 1.29 is 14.3 Å². The molecular formula is C12H14O3. The fourth-order valence-corrected chi connectivity index (χ4v) is 1.15. The number of hydrogen-bond acceptors (Lipinski definition) is 3. The van der Waals surface area contributed by atoms with Crippen LogP contribution in [0.5, 0.6) is 0 Å². The summed E-state index contributed by atoms with van der Waals surface area (Å²) in [5, 5.41) is 0. The molecule has 0 amide bonds. The number of benzene rings is 1. The lowest BCUT2D eigenvalue weighted by molar-refractivity contribution is -0.125. The molecule has 1 aromatic rings. The number of ketones is 1. The molecule has 0 N–H and O–H groups in total. The Morgan fingerprint density at radius 3 is 2.67 bits per heavy atom. The van der Waals surface area contributed by atoms with Crippen molar-refractivity contribution in [2.24, 2.45) is 0 Å². The van der Waals surface area contributed by atoms with Gasteiger partial charge in [0, 0.05) is 12.8 Å². The second-order valence-corrected chi connectivity index (χ2v) is 3.22. The minimum Gasteiger partial charge on any atom is -0.369 e. The molecule has 0 fully saturated rings. The molecule has 0 aliphatic carbocycles. The van der Waals surface area contributed by atoms with E-state index in [4.69, 9.17) is 4.74 Å². The highest BCUT2D eigenvalue weighted by Gasteiger charge is 2.01. The van der Waals surface area contributed by atoms with E-state index in [9.17, 15) is 9.59 Å². The van der Waals surface area contributed by atoms with Gasteiger partial charge in [0.2, 0.25) is 0 Å². The van der Waals surface area contributed by atoms with Gasteiger partial charge in [-0.05, 0) is 5.56 Å². The lowest BCUT2D eigenvalue weighted by atomic mass is 10.2. The highest BCUT2D eigenvalue weighted by atomic mass is 16.5. The van der Waals surface area contributed by atoms with E-state index in [2.05, 4.69) is 0 Å². The molecule has 0 spiro atoms. The number of aldehydes is 1. The molecule has 0 aliphatic rings. The number of rotatable bonds is 7. The summed E-state index contributed by atoms with van der Waals surface area (Å²) in [5.74, 6) is -0.0296. The molecule has 0 bridgehead atoms. The van der Waals surface area contributed by atoms with Crippen molar-refractivity contribution in [3.8, 4) is 0 Å². The lowest BCUT2D eigenvalue weighted by Crippen LogP contribution is -2.08. The third-order valence-electron chi connectivity index (χ3n) is 1.92. The molecule has 0 atom stereocenters. The Morgan fingerprint density at radius 1 is 1.27 bits per heavy atom. The van der Waals surface area contributed by atoms with E-state index in [0.717, 1.165) is 11.8 Å². The van der Waals surface area contributed by atoms with Gasteiger partial charge in [0.15, 0.2) is 5.78 Å². The zero-order valence-electron chi connectivity index (χ0n) is 8.52. The van der Waals surface area contributed by atoms with E-state index in [1.165, 1.54) is 0 Å². The van der Waals surface area contributed by atoms with Crippen LogP contribution >= 0.6 is 0 Å². The maximum Gasteiger partial charge on any atom is 0.158 e. The van der Waals surface area contributed by atoms with Crippen LogP contribution in [0.15, 0.2) is 30.3 Å². The zero-order valence-corrected chi connectivity index (χ0v) is 8.52. The van der Waals surface area contributed by atoms with Crippen molar-refractivity contribution in [1.29, 1.82) is 0 Å². The molecular weight excluding hydrogens is 192 g/mol. The topological polar surface area (TPSA) is 43.4 Å². The number of ether oxygens (including phenoxy) is 1. The number of carbonyl (C=O) groups is 2. The summed E-state index contributed by atoms with van der Waals surface area (Å²) in [6.45, 7) is 0.524. The first-order valence-electron chi connectivity index (χ1n) is 4.90. The zero-order chi connectivity index (χ0) is 10.9. The quantitative estimate of drug-likeness (QED) is 0.638. The highest BCUT2D eigenvalue weighted by molar-refractivity contribution is 5.81. The summed E-state index contributed by atoms with van der Waals surface area (Å²) in [5.41, 5.74) is 1.04. The largest absolute Gasteiger partial charge is 0.369 e. The normalized spacial score (nSPS) is 9.87. The first kappa shape index (κ1) is 11.6. The van der Waals surface area contributed by atoms with Crippen LogP contribution in [0.1, 0.15) is 18.4 Å². The van der Waals surface area contributed by atoms with E-state index in [1.807, 2.05) is 30.3 Å². The second kappa shape index (κ2) is 6.90. The fraction of sp³-hybridized carbons (Fsp3) is 0.333. The Labute approximate surface area is 89.1 Å². The summed E-state index contributed by atoms with van der Waals surface area (Å²) >= 11 is 0. The van der Waals surface area contributed by atoms with Gasteiger partial charge in [0.05, 0.1) is 6.61 Å². The van der Waals surface area contributed by atoms with Gasteiger partial charge in [0.1, 0.15) is 12.9 Å². The first-order valence-corrected chi connectivity index (χ1v) is 4.90. The molecule has 0 aliphatic heterocycles. The third kappa shape index (κ3) is 5.08. The summed E-state index contributed by atoms with van der Waals surface area (Å²) in [7, 11) is 0. The molecule has 15 heavy (non-hydrogen) atoms. The number of Topliss-reactive ketones (excluding diaryl/α,β-unsaturated/α-hetero) is 1. The fourth-order valence-electron chi connectivity index (χ4n) is 1.15. The van der Waals surface area contributed by atoms with Crippen LogP contribution in [-0.4, -0.2) is 18.7 Å². The molecule has 3 heteroatoms. The number of hydrogen-bond donors (Lipinski definition) is 0. The van der Waals surface area contributed by atoms with Gasteiger partial charge >= 0.3 is 0 Å². The minimum absolute atomic E-state index is 0.0296. The van der Waals surface area contributed by atoms with Crippen molar-refractivity contribution in [3.63, 3.8) is 0 Å². The van der Waals surface area contributed by atoms with Gasteiger partial charge in [-0.25, -0.2) is 0 Å². The Kier molecular flexibility index (Phi) is 5.33. The van der Waals surface area contributed by atoms with E-state index < -0.39 is 0 Å². The van der Waals surface area contributed by atoms with Gasteiger partial charge in [-0.3, -0.25) is 4.79 Å². The Bertz CT molecular complexity index is 306. The van der Waals surface area contributed by atoms with Crippen LogP contribution in [0.25, 0.3) is 0 Å². The van der Waals surface area contributed by atoms with Crippen molar-refractivity contribution in [3.05, 3.63) is 35.9 Å². The Balaban J connectivity index is 2.16. The molecule has 3 nitrogen and oxygen atoms in total. The molecule has 0 aromatic heterocycles. The van der Waals surface area contributed by atoms with E-state index in [-0.39, 0.29) is 25.2 Å². The van der Waals surface area contributed by atoms with Crippen LogP contribution in [0.2, 0.25) is 0 Å². The van der Waals surface area contributed by atoms with E-state index in [1.54, 1.807) is 0 Å². The Morgan fingerprint density at radius 2 is 2.00 bits per heavy atom. The maximum absolute atomic E-state index is 11.1. The lowest BCUT2D eigenvalue weighted by Gasteiger charge is -2.02. The summed E-state index contributed by atoms with van der Waals surface area (Å²) in [4.78, 5) is 21.1. The second-order valence-electron chi connectivity index (χ2n) is 3.22. The average molecular weight is 206 g/mol. The van der Waals surface area contributed by atoms with Gasteiger partial charge in [-0.1, -0.05) is 30.3 Å². The average Bonchev–Trinajstić information content (AvgIpc) is 2.28. The van der Waals surface area contributed by atoms with Crippen molar-refractivity contribution in [1.82, 2.24) is 0 Å². The first-order chi connectivity index (χ1) is 7.33. The SMILES string of the molecule is O=CCCC(=O)COCc1ccccc1. The molecule has 0 radical (unpaired) electrons. The predicted molar refractivity (Wildman–Crippen MR) is 56.4 cm³/mol. The summed E-state index contributed by atoms with van der Waals surface area (Å²) in [6.07, 6.45) is 1.31. The van der Waals surface area contributed by atoms with Crippen LogP contribution < -0.4 is 0 Å². The van der Waals surface area contributed by atoms with Gasteiger partial charge in [-0.15, -0.1) is 0 Å². The summed E-state index contributed by atoms with van der Waals surface area (Å²) < 4.78 is 5.21. The maximum atomic E-state index is 11.1. The van der Waals surface area contributed by atoms with Crippen molar-refractivity contribution in [2.75, 3.05) is 6.61 Å². The smallest absolute Gasteiger partial charge is 0.158 e. The molecule has 0 heterocycles. The van der Waals surface area contributed by atoms with Crippen LogP contribution in [0.3, 0.4) is 0 Å². The van der Waals surface area contributed by atoms with Gasteiger partial charge in [-0.2, -0.15) is 0 Å². The molecule has 0 unspecified atom stereocenters. The van der Waals surface area contributed by atoms with Gasteiger partial charge < -0.3 is 9.53 Å². The van der Waals surface area contributed by atoms with Crippen molar-refractivity contribution in [2.45, 2.75) is 19.4 Å². The standard InChI is InChI=1S/C12H14O3/c13-8-4-7-12(14)10-15-9-11-5-2-1-3-6-11/h1-3,5-6,8H,4,7,9-10H2. The van der Waals surface area contributed by atoms with E-state index in [0.29, 0.717) is 6.61 Å². The van der Waals surface area contributed by atoms with Crippen LogP contribution in [0.4, 0.5) is 0 Å². The van der Waals surface area contributed by atoms with E-state index >= 15 is 0 Å². The van der Waals surface area contributed by atoms with Gasteiger partial charge in [0.25, 0.3) is 0 Å². The molecule has 1 rings (SSSR count). The number of carbonyl (C=O) groups excluding carboxylic acids is 2. The minimum atomic E-state index is -0.0296. The van der Waals surface area contributed by atoms with Crippen molar-refractivity contribution >= 4 is 12.1 Å². The highest BCUT2D eigenvalue weighted by Crippen LogP contribution is 2.00. The predicted octanol–water partition coefficient (Wildman–Crippen LogP) is 1.75. The monoisotopic (exact) mass is 206 g/mol. The summed E-state index contributed by atoms with van der Waals surface area (Å²) in [6, 6.07) is 9.66. The van der Waals surface area contributed by atoms with Crippen LogP contribution in [-0.2, 0) is 20.9 Å². The Hall–Kier alpha value is -1.48. The van der Waals surface area contributed by atoms with Crippen LogP contribution in [0, 0.1) is 0 Å². The molecule has 1 aromatic carbocycles.